The van der Waals surface area contributed by atoms with E-state index in [9.17, 15) is 29.1 Å². The van der Waals surface area contributed by atoms with E-state index in [0.29, 0.717) is 28.4 Å². The van der Waals surface area contributed by atoms with Gasteiger partial charge in [-0.2, -0.15) is 0 Å². The van der Waals surface area contributed by atoms with Crippen molar-refractivity contribution in [2.45, 2.75) is 56.9 Å². The van der Waals surface area contributed by atoms with Gasteiger partial charge in [0.05, 0.1) is 38.3 Å². The smallest absolute Gasteiger partial charge is 0.497 e. The van der Waals surface area contributed by atoms with Crippen molar-refractivity contribution in [1.82, 2.24) is 15.1 Å². The molecule has 16 heteroatoms. The molecule has 0 radical (unpaired) electrons. The van der Waals surface area contributed by atoms with E-state index in [1.807, 2.05) is 6.92 Å². The Morgan fingerprint density at radius 1 is 0.980 bits per heavy atom. The first kappa shape index (κ1) is 36.3. The molecule has 50 heavy (non-hydrogen) atoms. The number of fused-ring (bicyclic) bond motifs is 1. The topological polar surface area (TPSA) is 196 Å². The SMILES string of the molecule is COc1ccc(COC(=O)OC(=O)C2=C(S[C@H]3C[C@@H](CNC(N)=O)N(C(=O)OCc4ccc(OC)cc4)C3)[C@H](C)[C@@H]3[C@@H]([C@@H](C)O)C(=O)N23)cc1. The zero-order valence-corrected chi connectivity index (χ0v) is 28.8. The largest absolute Gasteiger partial charge is 0.516 e. The monoisotopic (exact) mass is 712 g/mol. The van der Waals surface area contributed by atoms with Gasteiger partial charge in [-0.15, -0.1) is 11.8 Å². The highest BCUT2D eigenvalue weighted by molar-refractivity contribution is 8.03. The summed E-state index contributed by atoms with van der Waals surface area (Å²) in [6.45, 7) is 3.40. The number of benzene rings is 2. The van der Waals surface area contributed by atoms with E-state index in [1.165, 1.54) is 35.6 Å². The standard InChI is InChI=1S/C34H40N4O11S/c1-18-27-26(19(2)39)30(40)38(27)28(31(41)49-34(44)48-17-21-7-11-24(46-4)12-8-21)29(18)50-25-13-22(14-36-32(35)42)37(15-25)33(43)47-16-20-5-9-23(45-3)10-6-20/h5-12,18-19,22,25-27,39H,13-17H2,1-4H3,(H3,35,36,42)/t18-,19-,22+,25+,26-,27-/m1/s1. The molecular weight excluding hydrogens is 672 g/mol. The third kappa shape index (κ3) is 7.91. The second-order valence-corrected chi connectivity index (χ2v) is 13.5. The van der Waals surface area contributed by atoms with Crippen molar-refractivity contribution in [2.75, 3.05) is 27.3 Å². The number of aliphatic hydroxyl groups excluding tert-OH is 1. The van der Waals surface area contributed by atoms with Crippen LogP contribution in [-0.4, -0.2) is 95.8 Å². The number of likely N-dealkylation sites (tertiary alicyclic amines) is 1. The van der Waals surface area contributed by atoms with E-state index in [2.05, 4.69) is 5.32 Å². The minimum atomic E-state index is -1.25. The molecule has 3 aliphatic rings. The number of hydrogen-bond donors (Lipinski definition) is 3. The lowest BCUT2D eigenvalue weighted by Crippen LogP contribution is -2.63. The van der Waals surface area contributed by atoms with Gasteiger partial charge < -0.3 is 49.6 Å². The Kier molecular flexibility index (Phi) is 11.4. The molecule has 4 amide bonds. The van der Waals surface area contributed by atoms with E-state index in [0.717, 1.165) is 5.56 Å². The van der Waals surface area contributed by atoms with E-state index < -0.39 is 60.2 Å². The summed E-state index contributed by atoms with van der Waals surface area (Å²) >= 11 is 1.27. The lowest BCUT2D eigenvalue weighted by atomic mass is 9.79. The fourth-order valence-electron chi connectivity index (χ4n) is 6.41. The molecular formula is C34H40N4O11S. The first-order valence-corrected chi connectivity index (χ1v) is 16.8. The predicted octanol–water partition coefficient (Wildman–Crippen LogP) is 3.13. The molecule has 0 spiro atoms. The van der Waals surface area contributed by atoms with Crippen molar-refractivity contribution in [1.29, 1.82) is 0 Å². The summed E-state index contributed by atoms with van der Waals surface area (Å²) in [5.41, 5.74) is 6.59. The summed E-state index contributed by atoms with van der Waals surface area (Å²) < 4.78 is 26.1. The number of primary amides is 1. The normalized spacial score (nSPS) is 23.1. The number of methoxy groups -OCH3 is 2. The van der Waals surface area contributed by atoms with Crippen LogP contribution < -0.4 is 20.5 Å². The number of nitrogens with zero attached hydrogens (tertiary/aromatic N) is 2. The molecule has 0 saturated carbocycles. The Bertz CT molecular complexity index is 1630. The van der Waals surface area contributed by atoms with Gasteiger partial charge in [0.15, 0.2) is 0 Å². The summed E-state index contributed by atoms with van der Waals surface area (Å²) in [6.07, 6.45) is -2.46. The first-order valence-electron chi connectivity index (χ1n) is 15.9. The maximum absolute atomic E-state index is 13.5. The Hall–Kier alpha value is -4.96. The number of nitrogens with two attached hydrogens (primary N) is 1. The molecule has 0 aliphatic carbocycles. The van der Waals surface area contributed by atoms with Crippen molar-refractivity contribution in [3.63, 3.8) is 0 Å². The van der Waals surface area contributed by atoms with Crippen LogP contribution in [0.5, 0.6) is 11.5 Å². The van der Waals surface area contributed by atoms with Gasteiger partial charge in [-0.25, -0.2) is 19.2 Å². The van der Waals surface area contributed by atoms with Crippen molar-refractivity contribution in [2.24, 2.45) is 17.6 Å². The number of β-lactam (4-membered cyclic amide) rings is 1. The van der Waals surface area contributed by atoms with Gasteiger partial charge in [0.25, 0.3) is 0 Å². The third-order valence-electron chi connectivity index (χ3n) is 8.93. The third-order valence-corrected chi connectivity index (χ3v) is 10.4. The fraction of sp³-hybridized carbons (Fsp3) is 0.441. The number of hydrogen-bond acceptors (Lipinski definition) is 12. The number of ether oxygens (including phenoxy) is 5. The molecule has 3 heterocycles. The highest BCUT2D eigenvalue weighted by Gasteiger charge is 2.61. The maximum Gasteiger partial charge on any atom is 0.516 e. The Morgan fingerprint density at radius 3 is 2.10 bits per heavy atom. The van der Waals surface area contributed by atoms with Crippen LogP contribution in [0.4, 0.5) is 14.4 Å². The van der Waals surface area contributed by atoms with E-state index in [-0.39, 0.29) is 37.3 Å². The number of nitrogens with one attached hydrogen (secondary N) is 1. The average Bonchev–Trinajstić information content (AvgIpc) is 3.61. The summed E-state index contributed by atoms with van der Waals surface area (Å²) in [4.78, 5) is 67.5. The molecule has 2 aromatic carbocycles. The lowest BCUT2D eigenvalue weighted by molar-refractivity contribution is -0.163. The average molecular weight is 713 g/mol. The van der Waals surface area contributed by atoms with Crippen molar-refractivity contribution >= 4 is 41.9 Å². The van der Waals surface area contributed by atoms with Crippen LogP contribution in [0.1, 0.15) is 31.4 Å². The molecule has 6 atom stereocenters. The van der Waals surface area contributed by atoms with Gasteiger partial charge in [0, 0.05) is 29.2 Å². The van der Waals surface area contributed by atoms with Crippen LogP contribution in [0.3, 0.4) is 0 Å². The maximum atomic E-state index is 13.5. The van der Waals surface area contributed by atoms with Crippen LogP contribution >= 0.6 is 11.8 Å². The highest BCUT2D eigenvalue weighted by Crippen LogP contribution is 2.52. The predicted molar refractivity (Wildman–Crippen MR) is 179 cm³/mol. The molecule has 268 valence electrons. The zero-order valence-electron chi connectivity index (χ0n) is 28.0. The number of carbonyl (C=O) groups excluding carboxylic acids is 5. The van der Waals surface area contributed by atoms with Gasteiger partial charge in [0.1, 0.15) is 30.4 Å². The Morgan fingerprint density at radius 2 is 1.56 bits per heavy atom. The van der Waals surface area contributed by atoms with E-state index in [4.69, 9.17) is 29.4 Å². The van der Waals surface area contributed by atoms with Gasteiger partial charge in [0.2, 0.25) is 5.91 Å². The van der Waals surface area contributed by atoms with Crippen molar-refractivity contribution in [3.05, 3.63) is 70.3 Å². The quantitative estimate of drug-likeness (QED) is 0.166. The second-order valence-electron chi connectivity index (χ2n) is 12.2. The molecule has 4 N–H and O–H groups in total. The van der Waals surface area contributed by atoms with Crippen molar-refractivity contribution in [3.8, 4) is 11.5 Å². The molecule has 0 unspecified atom stereocenters. The van der Waals surface area contributed by atoms with Gasteiger partial charge in [-0.05, 0) is 48.7 Å². The van der Waals surface area contributed by atoms with E-state index >= 15 is 0 Å². The molecule has 2 fully saturated rings. The van der Waals surface area contributed by atoms with Gasteiger partial charge in [-0.3, -0.25) is 4.79 Å². The van der Waals surface area contributed by atoms with Crippen LogP contribution in [0.2, 0.25) is 0 Å². The molecule has 2 saturated heterocycles. The molecule has 15 nitrogen and oxygen atoms in total. The zero-order chi connectivity index (χ0) is 36.1. The van der Waals surface area contributed by atoms with Crippen LogP contribution in [0.25, 0.3) is 0 Å². The molecule has 0 bridgehead atoms. The first-order chi connectivity index (χ1) is 23.9. The number of rotatable bonds is 12. The minimum absolute atomic E-state index is 0.000665. The van der Waals surface area contributed by atoms with Gasteiger partial charge >= 0.3 is 24.2 Å². The summed E-state index contributed by atoms with van der Waals surface area (Å²) in [5.74, 6) is -1.42. The Labute approximate surface area is 293 Å². The highest BCUT2D eigenvalue weighted by atomic mass is 32.2. The van der Waals surface area contributed by atoms with Crippen LogP contribution in [-0.2, 0) is 37.0 Å². The summed E-state index contributed by atoms with van der Waals surface area (Å²) in [7, 11) is 3.08. The van der Waals surface area contributed by atoms with Crippen LogP contribution in [0.15, 0.2) is 59.1 Å². The molecule has 2 aromatic rings. The Balaban J connectivity index is 1.31. The number of urea groups is 1. The van der Waals surface area contributed by atoms with E-state index in [1.54, 1.807) is 55.6 Å². The lowest BCUT2D eigenvalue weighted by Gasteiger charge is -2.46. The number of amides is 4. The number of esters is 1. The molecule has 3 aliphatic heterocycles. The number of aliphatic hydroxyl groups is 1. The number of thioether (sulfide) groups is 1. The molecule has 5 rings (SSSR count). The number of carbonyl (C=O) groups is 5. The molecule has 0 aromatic heterocycles. The minimum Gasteiger partial charge on any atom is -0.497 e. The second kappa shape index (κ2) is 15.7. The fourth-order valence-corrected chi connectivity index (χ4v) is 7.97. The summed E-state index contributed by atoms with van der Waals surface area (Å²) in [6, 6.07) is 12.0. The van der Waals surface area contributed by atoms with Crippen LogP contribution in [0, 0.1) is 11.8 Å². The summed E-state index contributed by atoms with van der Waals surface area (Å²) in [5, 5.41) is 12.6. The van der Waals surface area contributed by atoms with Crippen molar-refractivity contribution < 1.29 is 52.8 Å². The van der Waals surface area contributed by atoms with Gasteiger partial charge in [-0.1, -0.05) is 31.2 Å².